The van der Waals surface area contributed by atoms with Crippen molar-refractivity contribution in [3.8, 4) is 0 Å². The van der Waals surface area contributed by atoms with E-state index >= 15 is 0 Å². The van der Waals surface area contributed by atoms with Gasteiger partial charge in [0.25, 0.3) is 0 Å². The van der Waals surface area contributed by atoms with Crippen LogP contribution in [-0.2, 0) is 28.6 Å². The molecule has 0 N–H and O–H groups in total. The van der Waals surface area contributed by atoms with E-state index in [0.717, 1.165) is 51.4 Å². The van der Waals surface area contributed by atoms with Crippen molar-refractivity contribution >= 4 is 17.9 Å². The normalized spacial score (nSPS) is 13.7. The van der Waals surface area contributed by atoms with E-state index in [-0.39, 0.29) is 42.7 Å². The smallest absolute Gasteiger partial charge is 0.306 e. The van der Waals surface area contributed by atoms with E-state index in [1.807, 2.05) is 60.8 Å². The number of carbonyl (C=O) groups excluding carboxylic acids is 3. The zero-order valence-corrected chi connectivity index (χ0v) is 34.9. The van der Waals surface area contributed by atoms with Gasteiger partial charge in [0.15, 0.2) is 6.10 Å². The molecule has 54 heavy (non-hydrogen) atoms. The van der Waals surface area contributed by atoms with Crippen LogP contribution in [0.25, 0.3) is 0 Å². The Bertz CT molecular complexity index is 1110. The minimum Gasteiger partial charge on any atom is -0.544 e. The summed E-state index contributed by atoms with van der Waals surface area (Å²) < 4.78 is 17.1. The van der Waals surface area contributed by atoms with Gasteiger partial charge in [-0.05, 0) is 32.1 Å². The molecule has 0 aromatic carbocycles. The van der Waals surface area contributed by atoms with E-state index < -0.39 is 18.1 Å². The zero-order chi connectivity index (χ0) is 40.0. The number of allylic oxidation sites excluding steroid dienone is 12. The first-order chi connectivity index (χ1) is 26.1. The van der Waals surface area contributed by atoms with Crippen molar-refractivity contribution in [2.24, 2.45) is 0 Å². The van der Waals surface area contributed by atoms with Crippen molar-refractivity contribution in [1.29, 1.82) is 0 Å². The fourth-order valence-corrected chi connectivity index (χ4v) is 5.75. The van der Waals surface area contributed by atoms with Gasteiger partial charge in [0.05, 0.1) is 40.3 Å². The van der Waals surface area contributed by atoms with E-state index in [1.54, 1.807) is 21.1 Å². The number of hydrogen-bond donors (Lipinski definition) is 0. The molecule has 0 bridgehead atoms. The molecule has 0 aliphatic carbocycles. The summed E-state index contributed by atoms with van der Waals surface area (Å²) in [6, 6.07) is -0.734. The van der Waals surface area contributed by atoms with Crippen molar-refractivity contribution in [3.05, 3.63) is 72.9 Å². The molecule has 8 nitrogen and oxygen atoms in total. The Labute approximate surface area is 330 Å². The molecular weight excluding hydrogens is 679 g/mol. The summed E-state index contributed by atoms with van der Waals surface area (Å²) in [5.74, 6) is -1.80. The standard InChI is InChI=1S/C46H77NO7/c1-6-8-10-12-14-16-18-20-21-22-23-25-26-28-30-32-34-36-44(48)53-41-42(40-52-39-38-43(46(50)51)47(3,4)5)54-45(49)37-35-33-31-29-27-24-19-17-15-13-11-9-7-2/h8,10,12,14,16,18,20-23,25-26,42-43H,6-7,9,11,13,15,17,19,24,27-41H2,1-5H3/b10-8+,14-12+,18-16+,21-20+,23-22+,26-25+. The maximum Gasteiger partial charge on any atom is 0.306 e. The first-order valence-electron chi connectivity index (χ1n) is 21.0. The molecule has 0 saturated heterocycles. The molecule has 0 aromatic heterocycles. The number of aliphatic carboxylic acids is 1. The van der Waals surface area contributed by atoms with Crippen molar-refractivity contribution in [2.75, 3.05) is 41.0 Å². The second kappa shape index (κ2) is 36.7. The van der Waals surface area contributed by atoms with Crippen LogP contribution in [-0.4, -0.2) is 75.5 Å². The lowest BCUT2D eigenvalue weighted by atomic mass is 10.0. The van der Waals surface area contributed by atoms with Gasteiger partial charge < -0.3 is 28.6 Å². The lowest BCUT2D eigenvalue weighted by Crippen LogP contribution is -2.55. The molecule has 2 unspecified atom stereocenters. The quantitative estimate of drug-likeness (QED) is 0.0272. The highest BCUT2D eigenvalue weighted by molar-refractivity contribution is 5.70. The van der Waals surface area contributed by atoms with Crippen LogP contribution >= 0.6 is 0 Å². The third kappa shape index (κ3) is 34.5. The number of carboxylic acids is 1. The topological polar surface area (TPSA) is 102 Å². The molecule has 308 valence electrons. The number of carboxylic acid groups (broad SMARTS) is 1. The number of esters is 2. The number of likely N-dealkylation sites (N-methyl/N-ethyl adjacent to an activating group) is 1. The minimum absolute atomic E-state index is 0.0239. The van der Waals surface area contributed by atoms with Crippen LogP contribution in [0, 0.1) is 0 Å². The summed E-state index contributed by atoms with van der Waals surface area (Å²) in [5, 5.41) is 11.6. The van der Waals surface area contributed by atoms with Gasteiger partial charge in [0.1, 0.15) is 12.6 Å². The van der Waals surface area contributed by atoms with Crippen LogP contribution in [0.4, 0.5) is 0 Å². The number of quaternary nitrogens is 1. The van der Waals surface area contributed by atoms with E-state index in [9.17, 15) is 19.5 Å². The van der Waals surface area contributed by atoms with Gasteiger partial charge in [-0.25, -0.2) is 0 Å². The van der Waals surface area contributed by atoms with E-state index in [2.05, 4.69) is 26.0 Å². The lowest BCUT2D eigenvalue weighted by molar-refractivity contribution is -0.889. The fourth-order valence-electron chi connectivity index (χ4n) is 5.75. The molecule has 8 heteroatoms. The largest absolute Gasteiger partial charge is 0.544 e. The second-order valence-corrected chi connectivity index (χ2v) is 15.0. The highest BCUT2D eigenvalue weighted by Gasteiger charge is 2.25. The Morgan fingerprint density at radius 2 is 1.04 bits per heavy atom. The Balaban J connectivity index is 4.48. The summed E-state index contributed by atoms with van der Waals surface area (Å²) in [4.78, 5) is 36.8. The van der Waals surface area contributed by atoms with Crippen molar-refractivity contribution in [1.82, 2.24) is 0 Å². The van der Waals surface area contributed by atoms with Crippen LogP contribution in [0.2, 0.25) is 0 Å². The van der Waals surface area contributed by atoms with Crippen molar-refractivity contribution in [3.63, 3.8) is 0 Å². The number of rotatable bonds is 36. The first-order valence-corrected chi connectivity index (χ1v) is 21.0. The van der Waals surface area contributed by atoms with Crippen LogP contribution in [0.15, 0.2) is 72.9 Å². The Morgan fingerprint density at radius 3 is 1.54 bits per heavy atom. The maximum atomic E-state index is 12.7. The predicted molar refractivity (Wildman–Crippen MR) is 222 cm³/mol. The molecule has 0 saturated carbocycles. The molecule has 0 heterocycles. The van der Waals surface area contributed by atoms with Gasteiger partial charge in [0.2, 0.25) is 0 Å². The molecule has 0 rings (SSSR count). The summed E-state index contributed by atoms with van der Waals surface area (Å²) in [7, 11) is 5.38. The van der Waals surface area contributed by atoms with Crippen LogP contribution in [0.5, 0.6) is 0 Å². The Morgan fingerprint density at radius 1 is 0.574 bits per heavy atom. The first kappa shape index (κ1) is 50.8. The molecule has 0 radical (unpaired) electrons. The highest BCUT2D eigenvalue weighted by Crippen LogP contribution is 2.14. The number of nitrogens with zero attached hydrogens (tertiary/aromatic N) is 1. The third-order valence-electron chi connectivity index (χ3n) is 9.02. The van der Waals surface area contributed by atoms with Gasteiger partial charge in [-0.2, -0.15) is 0 Å². The third-order valence-corrected chi connectivity index (χ3v) is 9.02. The van der Waals surface area contributed by atoms with E-state index in [4.69, 9.17) is 14.2 Å². The number of hydrogen-bond acceptors (Lipinski definition) is 7. The zero-order valence-electron chi connectivity index (χ0n) is 34.9. The van der Waals surface area contributed by atoms with Gasteiger partial charge in [-0.3, -0.25) is 9.59 Å². The average molecular weight is 756 g/mol. The van der Waals surface area contributed by atoms with Crippen LogP contribution < -0.4 is 5.11 Å². The molecule has 0 amide bonds. The molecule has 0 aromatic rings. The number of carbonyl (C=O) groups is 3. The van der Waals surface area contributed by atoms with Crippen molar-refractivity contribution in [2.45, 2.75) is 161 Å². The number of unbranched alkanes of at least 4 members (excludes halogenated alkanes) is 15. The summed E-state index contributed by atoms with van der Waals surface area (Å²) in [6.07, 6.45) is 44.9. The van der Waals surface area contributed by atoms with E-state index in [0.29, 0.717) is 12.8 Å². The molecule has 0 spiro atoms. The molecule has 0 aliphatic rings. The summed E-state index contributed by atoms with van der Waals surface area (Å²) in [5.41, 5.74) is 0. The van der Waals surface area contributed by atoms with Crippen LogP contribution in [0.1, 0.15) is 149 Å². The van der Waals surface area contributed by atoms with E-state index in [1.165, 1.54) is 64.2 Å². The van der Waals surface area contributed by atoms with Gasteiger partial charge in [-0.15, -0.1) is 0 Å². The highest BCUT2D eigenvalue weighted by atomic mass is 16.6. The molecule has 0 fully saturated rings. The summed E-state index contributed by atoms with van der Waals surface area (Å²) in [6.45, 7) is 4.45. The Hall–Kier alpha value is -3.23. The lowest BCUT2D eigenvalue weighted by Gasteiger charge is -2.34. The monoisotopic (exact) mass is 756 g/mol. The van der Waals surface area contributed by atoms with Gasteiger partial charge >= 0.3 is 11.9 Å². The minimum atomic E-state index is -1.13. The van der Waals surface area contributed by atoms with Crippen molar-refractivity contribution < 1.29 is 38.2 Å². The Kier molecular flexibility index (Phi) is 34.5. The molecular formula is C46H77NO7. The van der Waals surface area contributed by atoms with Crippen LogP contribution in [0.3, 0.4) is 0 Å². The summed E-state index contributed by atoms with van der Waals surface area (Å²) >= 11 is 0. The maximum absolute atomic E-state index is 12.7. The fraction of sp³-hybridized carbons (Fsp3) is 0.674. The predicted octanol–water partition coefficient (Wildman–Crippen LogP) is 9.85. The molecule has 0 aliphatic heterocycles. The van der Waals surface area contributed by atoms with Gasteiger partial charge in [0, 0.05) is 19.3 Å². The average Bonchev–Trinajstić information content (AvgIpc) is 3.12. The molecule has 2 atom stereocenters. The number of ether oxygens (including phenoxy) is 3. The second-order valence-electron chi connectivity index (χ2n) is 15.0. The SMILES string of the molecule is CC/C=C/C=C/C=C/C=C/C=C/C=C/CCCCCC(=O)OCC(COCCC(C(=O)[O-])[N+](C)(C)C)OC(=O)CCCCCCCCCCCCCCC. The van der Waals surface area contributed by atoms with Gasteiger partial charge in [-0.1, -0.05) is 170 Å².